The highest BCUT2D eigenvalue weighted by Gasteiger charge is 2.28. The Bertz CT molecular complexity index is 630. The minimum Gasteiger partial charge on any atom is -0.307 e. The van der Waals surface area contributed by atoms with Gasteiger partial charge in [0.1, 0.15) is 11.8 Å². The molecule has 1 aliphatic heterocycles. The van der Waals surface area contributed by atoms with Crippen molar-refractivity contribution in [2.45, 2.75) is 19.4 Å². The second-order valence-electron chi connectivity index (χ2n) is 4.41. The van der Waals surface area contributed by atoms with E-state index in [9.17, 15) is 0 Å². The van der Waals surface area contributed by atoms with Gasteiger partial charge in [-0.3, -0.25) is 0 Å². The molecule has 18 heavy (non-hydrogen) atoms. The van der Waals surface area contributed by atoms with Gasteiger partial charge < -0.3 is 4.90 Å². The number of anilines is 2. The molecule has 0 spiro atoms. The molecule has 0 saturated carbocycles. The van der Waals surface area contributed by atoms with E-state index in [2.05, 4.69) is 40.0 Å². The Kier molecular flexibility index (Phi) is 2.45. The zero-order chi connectivity index (χ0) is 12.5. The molecule has 4 nitrogen and oxygen atoms in total. The van der Waals surface area contributed by atoms with Gasteiger partial charge in [0, 0.05) is 17.9 Å². The summed E-state index contributed by atoms with van der Waals surface area (Å²) in [7, 11) is 0. The zero-order valence-corrected chi connectivity index (χ0v) is 10.0. The van der Waals surface area contributed by atoms with E-state index in [1.807, 2.05) is 12.1 Å². The van der Waals surface area contributed by atoms with Crippen molar-refractivity contribution in [2.75, 3.05) is 4.90 Å². The average Bonchev–Trinajstić information content (AvgIpc) is 2.74. The van der Waals surface area contributed by atoms with Crippen LogP contribution >= 0.6 is 0 Å². The zero-order valence-electron chi connectivity index (χ0n) is 10.0. The molecule has 0 saturated heterocycles. The Hall–Kier alpha value is -2.41. The second kappa shape index (κ2) is 4.11. The molecule has 2 heterocycles. The van der Waals surface area contributed by atoms with Crippen molar-refractivity contribution >= 4 is 11.6 Å². The van der Waals surface area contributed by atoms with Crippen molar-refractivity contribution < 1.29 is 0 Å². The van der Waals surface area contributed by atoms with Gasteiger partial charge in [0.15, 0.2) is 0 Å². The van der Waals surface area contributed by atoms with Gasteiger partial charge in [0.05, 0.1) is 0 Å². The van der Waals surface area contributed by atoms with Gasteiger partial charge in [-0.1, -0.05) is 18.2 Å². The first kappa shape index (κ1) is 10.7. The SMILES string of the molecule is CC1Cc2ccccc2N1c1nccc(C#N)n1. The van der Waals surface area contributed by atoms with Gasteiger partial charge in [-0.2, -0.15) is 5.26 Å². The van der Waals surface area contributed by atoms with Crippen LogP contribution < -0.4 is 4.90 Å². The van der Waals surface area contributed by atoms with Crippen LogP contribution in [-0.4, -0.2) is 16.0 Å². The minimum absolute atomic E-state index is 0.316. The lowest BCUT2D eigenvalue weighted by atomic mass is 10.1. The van der Waals surface area contributed by atoms with Crippen LogP contribution in [0, 0.1) is 11.3 Å². The standard InChI is InChI=1S/C14H12N4/c1-10-8-11-4-2-3-5-13(11)18(10)14-16-7-6-12(9-15)17-14/h2-7,10H,8H2,1H3. The largest absolute Gasteiger partial charge is 0.307 e. The normalized spacial score (nSPS) is 17.3. The summed E-state index contributed by atoms with van der Waals surface area (Å²) in [5.74, 6) is 0.603. The van der Waals surface area contributed by atoms with Gasteiger partial charge in [-0.05, 0) is 31.0 Å². The number of para-hydroxylation sites is 1. The third-order valence-electron chi connectivity index (χ3n) is 3.18. The second-order valence-corrected chi connectivity index (χ2v) is 4.41. The lowest BCUT2D eigenvalue weighted by Gasteiger charge is -2.22. The fraction of sp³-hybridized carbons (Fsp3) is 0.214. The van der Waals surface area contributed by atoms with E-state index in [1.165, 1.54) is 5.56 Å². The third-order valence-corrected chi connectivity index (χ3v) is 3.18. The molecule has 3 rings (SSSR count). The highest BCUT2D eigenvalue weighted by molar-refractivity contribution is 5.67. The van der Waals surface area contributed by atoms with E-state index in [-0.39, 0.29) is 0 Å². The number of nitrogens with zero attached hydrogens (tertiary/aromatic N) is 4. The summed E-state index contributed by atoms with van der Waals surface area (Å²) in [6.07, 6.45) is 2.62. The monoisotopic (exact) mass is 236 g/mol. The molecule has 0 radical (unpaired) electrons. The Morgan fingerprint density at radius 1 is 1.33 bits per heavy atom. The van der Waals surface area contributed by atoms with Crippen LogP contribution in [0.4, 0.5) is 11.6 Å². The maximum Gasteiger partial charge on any atom is 0.231 e. The number of hydrogen-bond donors (Lipinski definition) is 0. The summed E-state index contributed by atoms with van der Waals surface area (Å²) in [4.78, 5) is 10.7. The third kappa shape index (κ3) is 1.61. The molecule has 1 atom stereocenters. The molecule has 1 aliphatic rings. The number of aromatic nitrogens is 2. The van der Waals surface area contributed by atoms with Gasteiger partial charge in [0.2, 0.25) is 5.95 Å². The fourth-order valence-corrected chi connectivity index (χ4v) is 2.40. The van der Waals surface area contributed by atoms with Crippen LogP contribution in [0.25, 0.3) is 0 Å². The molecule has 1 aromatic carbocycles. The molecular formula is C14H12N4. The van der Waals surface area contributed by atoms with Gasteiger partial charge in [-0.15, -0.1) is 0 Å². The number of fused-ring (bicyclic) bond motifs is 1. The van der Waals surface area contributed by atoms with Crippen LogP contribution in [0.5, 0.6) is 0 Å². The van der Waals surface area contributed by atoms with E-state index in [1.54, 1.807) is 12.3 Å². The molecule has 1 unspecified atom stereocenters. The topological polar surface area (TPSA) is 52.8 Å². The Morgan fingerprint density at radius 3 is 3.00 bits per heavy atom. The maximum atomic E-state index is 8.91. The van der Waals surface area contributed by atoms with Gasteiger partial charge in [-0.25, -0.2) is 9.97 Å². The summed E-state index contributed by atoms with van der Waals surface area (Å²) in [5, 5.41) is 8.91. The first-order valence-electron chi connectivity index (χ1n) is 5.90. The van der Waals surface area contributed by atoms with Crippen molar-refractivity contribution in [1.82, 2.24) is 9.97 Å². The molecule has 0 bridgehead atoms. The summed E-state index contributed by atoms with van der Waals surface area (Å²) < 4.78 is 0. The van der Waals surface area contributed by atoms with Gasteiger partial charge in [0.25, 0.3) is 0 Å². The van der Waals surface area contributed by atoms with Crippen molar-refractivity contribution in [3.05, 3.63) is 47.8 Å². The quantitative estimate of drug-likeness (QED) is 0.763. The Morgan fingerprint density at radius 2 is 2.17 bits per heavy atom. The Labute approximate surface area is 106 Å². The predicted molar refractivity (Wildman–Crippen MR) is 68.5 cm³/mol. The van der Waals surface area contributed by atoms with Crippen molar-refractivity contribution in [2.24, 2.45) is 0 Å². The lowest BCUT2D eigenvalue weighted by Crippen LogP contribution is -2.25. The average molecular weight is 236 g/mol. The first-order valence-corrected chi connectivity index (χ1v) is 5.90. The summed E-state index contributed by atoms with van der Waals surface area (Å²) >= 11 is 0. The summed E-state index contributed by atoms with van der Waals surface area (Å²) in [6.45, 7) is 2.14. The molecule has 2 aromatic rings. The number of hydrogen-bond acceptors (Lipinski definition) is 4. The molecule has 4 heteroatoms. The molecule has 0 fully saturated rings. The molecule has 0 aliphatic carbocycles. The van der Waals surface area contributed by atoms with Gasteiger partial charge >= 0.3 is 0 Å². The number of rotatable bonds is 1. The van der Waals surface area contributed by atoms with E-state index in [0.717, 1.165) is 12.1 Å². The molecule has 1 aromatic heterocycles. The number of nitriles is 1. The van der Waals surface area contributed by atoms with E-state index in [0.29, 0.717) is 17.7 Å². The molecular weight excluding hydrogens is 224 g/mol. The predicted octanol–water partition coefficient (Wildman–Crippen LogP) is 2.43. The van der Waals surface area contributed by atoms with Crippen molar-refractivity contribution in [1.29, 1.82) is 5.26 Å². The fourth-order valence-electron chi connectivity index (χ4n) is 2.40. The molecule has 0 N–H and O–H groups in total. The van der Waals surface area contributed by atoms with Crippen LogP contribution in [0.15, 0.2) is 36.5 Å². The molecule has 0 amide bonds. The van der Waals surface area contributed by atoms with Crippen LogP contribution in [0.3, 0.4) is 0 Å². The lowest BCUT2D eigenvalue weighted by molar-refractivity contribution is 0.739. The number of benzene rings is 1. The minimum atomic E-state index is 0.316. The highest BCUT2D eigenvalue weighted by Crippen LogP contribution is 2.36. The first-order chi connectivity index (χ1) is 8.79. The van der Waals surface area contributed by atoms with Crippen LogP contribution in [0.1, 0.15) is 18.2 Å². The van der Waals surface area contributed by atoms with E-state index < -0.39 is 0 Å². The summed E-state index contributed by atoms with van der Waals surface area (Å²) in [6, 6.07) is 12.2. The van der Waals surface area contributed by atoms with E-state index >= 15 is 0 Å². The molecule has 88 valence electrons. The summed E-state index contributed by atoms with van der Waals surface area (Å²) in [5.41, 5.74) is 2.84. The van der Waals surface area contributed by atoms with Crippen LogP contribution in [-0.2, 0) is 6.42 Å². The highest BCUT2D eigenvalue weighted by atomic mass is 15.3. The maximum absolute atomic E-state index is 8.91. The van der Waals surface area contributed by atoms with Crippen LogP contribution in [0.2, 0.25) is 0 Å². The Balaban J connectivity index is 2.09. The smallest absolute Gasteiger partial charge is 0.231 e. The van der Waals surface area contributed by atoms with E-state index in [4.69, 9.17) is 5.26 Å². The van der Waals surface area contributed by atoms with Crippen molar-refractivity contribution in [3.8, 4) is 6.07 Å². The van der Waals surface area contributed by atoms with Crippen molar-refractivity contribution in [3.63, 3.8) is 0 Å².